The maximum atomic E-state index is 12.0. The van der Waals surface area contributed by atoms with Gasteiger partial charge >= 0.3 is 5.97 Å². The minimum Gasteiger partial charge on any atom is -0.475 e. The van der Waals surface area contributed by atoms with E-state index in [2.05, 4.69) is 4.72 Å². The molecule has 0 bridgehead atoms. The Kier molecular flexibility index (Phi) is 4.53. The second-order valence-corrected chi connectivity index (χ2v) is 5.83. The summed E-state index contributed by atoms with van der Waals surface area (Å²) >= 11 is 0. The highest BCUT2D eigenvalue weighted by molar-refractivity contribution is 7.89. The number of rotatable bonds is 6. The van der Waals surface area contributed by atoms with Crippen molar-refractivity contribution in [2.45, 2.75) is 44.6 Å². The van der Waals surface area contributed by atoms with E-state index in [0.29, 0.717) is 6.42 Å². The van der Waals surface area contributed by atoms with Crippen LogP contribution < -0.4 is 4.72 Å². The summed E-state index contributed by atoms with van der Waals surface area (Å²) in [5.74, 6) is -1.60. The van der Waals surface area contributed by atoms with Gasteiger partial charge in [0.05, 0.1) is 0 Å². The molecule has 1 aromatic heterocycles. The van der Waals surface area contributed by atoms with E-state index >= 15 is 0 Å². The zero-order valence-corrected chi connectivity index (χ0v) is 11.4. The number of aryl methyl sites for hydroxylation is 1. The largest absolute Gasteiger partial charge is 0.475 e. The minimum absolute atomic E-state index is 0.0728. The summed E-state index contributed by atoms with van der Waals surface area (Å²) < 4.78 is 31.4. The molecule has 0 radical (unpaired) electrons. The van der Waals surface area contributed by atoms with Crippen molar-refractivity contribution >= 4 is 16.0 Å². The number of carboxylic acids is 1. The lowest BCUT2D eigenvalue weighted by Crippen LogP contribution is -2.32. The first-order valence-electron chi connectivity index (χ1n) is 5.64. The average Bonchev–Trinajstić information content (AvgIpc) is 2.60. The Morgan fingerprint density at radius 3 is 2.61 bits per heavy atom. The number of hydrogen-bond donors (Lipinski definition) is 2. The number of carboxylic acid groups (broad SMARTS) is 1. The van der Waals surface area contributed by atoms with Crippen LogP contribution in [0.5, 0.6) is 0 Å². The molecule has 0 aromatic carbocycles. The first-order valence-corrected chi connectivity index (χ1v) is 7.12. The molecule has 1 atom stereocenters. The van der Waals surface area contributed by atoms with E-state index < -0.39 is 16.0 Å². The molecule has 18 heavy (non-hydrogen) atoms. The summed E-state index contributed by atoms with van der Waals surface area (Å²) in [6.07, 6.45) is 1.57. The molecule has 1 rings (SSSR count). The standard InChI is InChI=1S/C11H17NO5S/c1-4-5-7(2)12-18(15,16)10-6-9(11(13)14)17-8(10)3/h6-7,12H,4-5H2,1-3H3,(H,13,14). The monoisotopic (exact) mass is 275 g/mol. The maximum Gasteiger partial charge on any atom is 0.371 e. The molecule has 1 unspecified atom stereocenters. The zero-order valence-electron chi connectivity index (χ0n) is 10.6. The van der Waals surface area contributed by atoms with Gasteiger partial charge in [0, 0.05) is 12.1 Å². The Morgan fingerprint density at radius 2 is 2.17 bits per heavy atom. The molecule has 6 nitrogen and oxygen atoms in total. The first-order chi connectivity index (χ1) is 8.27. The van der Waals surface area contributed by atoms with Gasteiger partial charge in [-0.1, -0.05) is 13.3 Å². The maximum absolute atomic E-state index is 12.0. The van der Waals surface area contributed by atoms with Gasteiger partial charge in [0.2, 0.25) is 15.8 Å². The molecule has 0 aliphatic carbocycles. The van der Waals surface area contributed by atoms with Crippen LogP contribution in [0.15, 0.2) is 15.4 Å². The molecule has 0 saturated carbocycles. The third-order valence-corrected chi connectivity index (χ3v) is 4.15. The Morgan fingerprint density at radius 1 is 1.56 bits per heavy atom. The molecular weight excluding hydrogens is 258 g/mol. The van der Waals surface area contributed by atoms with Gasteiger partial charge in [-0.25, -0.2) is 17.9 Å². The molecule has 0 saturated heterocycles. The fourth-order valence-electron chi connectivity index (χ4n) is 1.66. The molecule has 0 aliphatic heterocycles. The van der Waals surface area contributed by atoms with Crippen molar-refractivity contribution in [1.29, 1.82) is 0 Å². The number of furan rings is 1. The fraction of sp³-hybridized carbons (Fsp3) is 0.545. The molecule has 7 heteroatoms. The van der Waals surface area contributed by atoms with E-state index in [-0.39, 0.29) is 22.5 Å². The van der Waals surface area contributed by atoms with Crippen molar-refractivity contribution in [3.05, 3.63) is 17.6 Å². The Hall–Kier alpha value is -1.34. The van der Waals surface area contributed by atoms with Crippen LogP contribution in [0.1, 0.15) is 43.0 Å². The smallest absolute Gasteiger partial charge is 0.371 e. The molecule has 1 aromatic rings. The third kappa shape index (κ3) is 3.33. The van der Waals surface area contributed by atoms with Crippen molar-refractivity contribution in [2.24, 2.45) is 0 Å². The predicted octanol–water partition coefficient (Wildman–Crippen LogP) is 1.75. The number of sulfonamides is 1. The normalized spacial score (nSPS) is 13.5. The second kappa shape index (κ2) is 5.53. The van der Waals surface area contributed by atoms with Crippen molar-refractivity contribution in [3.8, 4) is 0 Å². The van der Waals surface area contributed by atoms with Crippen molar-refractivity contribution in [3.63, 3.8) is 0 Å². The summed E-state index contributed by atoms with van der Waals surface area (Å²) in [5, 5.41) is 8.75. The van der Waals surface area contributed by atoms with Crippen LogP contribution in [-0.2, 0) is 10.0 Å². The number of carbonyl (C=O) groups is 1. The predicted molar refractivity (Wildman–Crippen MR) is 65.1 cm³/mol. The lowest BCUT2D eigenvalue weighted by atomic mass is 10.2. The summed E-state index contributed by atoms with van der Waals surface area (Å²) in [5.41, 5.74) is 0. The van der Waals surface area contributed by atoms with E-state index in [0.717, 1.165) is 12.5 Å². The Labute approximate surface area is 106 Å². The molecule has 0 aliphatic rings. The third-order valence-electron chi connectivity index (χ3n) is 2.45. The highest BCUT2D eigenvalue weighted by Crippen LogP contribution is 2.20. The van der Waals surface area contributed by atoms with E-state index in [1.54, 1.807) is 6.92 Å². The SMILES string of the molecule is CCCC(C)NS(=O)(=O)c1cc(C(=O)O)oc1C. The van der Waals surface area contributed by atoms with Gasteiger partial charge in [-0.15, -0.1) is 0 Å². The lowest BCUT2D eigenvalue weighted by molar-refractivity contribution is 0.0661. The summed E-state index contributed by atoms with van der Waals surface area (Å²) in [6, 6.07) is 0.821. The van der Waals surface area contributed by atoms with Gasteiger partial charge in [-0.3, -0.25) is 0 Å². The molecule has 2 N–H and O–H groups in total. The summed E-state index contributed by atoms with van der Waals surface area (Å²) in [4.78, 5) is 10.6. The molecule has 1 heterocycles. The lowest BCUT2D eigenvalue weighted by Gasteiger charge is -2.12. The molecular formula is C11H17NO5S. The quantitative estimate of drug-likeness (QED) is 0.824. The summed E-state index contributed by atoms with van der Waals surface area (Å²) in [7, 11) is -3.73. The van der Waals surface area contributed by atoms with Gasteiger partial charge in [-0.05, 0) is 20.3 Å². The fourth-order valence-corrected chi connectivity index (χ4v) is 3.11. The van der Waals surface area contributed by atoms with Gasteiger partial charge < -0.3 is 9.52 Å². The highest BCUT2D eigenvalue weighted by Gasteiger charge is 2.24. The Balaban J connectivity index is 3.01. The molecule has 102 valence electrons. The highest BCUT2D eigenvalue weighted by atomic mass is 32.2. The van der Waals surface area contributed by atoms with Gasteiger partial charge in [0.25, 0.3) is 0 Å². The van der Waals surface area contributed by atoms with E-state index in [1.165, 1.54) is 6.92 Å². The zero-order chi connectivity index (χ0) is 13.9. The second-order valence-electron chi connectivity index (χ2n) is 4.15. The topological polar surface area (TPSA) is 96.6 Å². The van der Waals surface area contributed by atoms with Crippen LogP contribution >= 0.6 is 0 Å². The van der Waals surface area contributed by atoms with Gasteiger partial charge in [0.1, 0.15) is 10.7 Å². The number of nitrogens with one attached hydrogen (secondary N) is 1. The van der Waals surface area contributed by atoms with E-state index in [4.69, 9.17) is 9.52 Å². The van der Waals surface area contributed by atoms with Crippen LogP contribution in [0.2, 0.25) is 0 Å². The van der Waals surface area contributed by atoms with Crippen molar-refractivity contribution in [2.75, 3.05) is 0 Å². The van der Waals surface area contributed by atoms with E-state index in [9.17, 15) is 13.2 Å². The summed E-state index contributed by atoms with van der Waals surface area (Å²) in [6.45, 7) is 5.14. The average molecular weight is 275 g/mol. The van der Waals surface area contributed by atoms with Crippen molar-refractivity contribution in [1.82, 2.24) is 4.72 Å². The minimum atomic E-state index is -3.73. The molecule has 0 amide bonds. The van der Waals surface area contributed by atoms with Crippen LogP contribution in [-0.4, -0.2) is 25.5 Å². The van der Waals surface area contributed by atoms with Gasteiger partial charge in [-0.2, -0.15) is 0 Å². The first kappa shape index (κ1) is 14.7. The number of aromatic carboxylic acids is 1. The molecule has 0 spiro atoms. The van der Waals surface area contributed by atoms with Crippen LogP contribution in [0.3, 0.4) is 0 Å². The Bertz CT molecular complexity index is 532. The van der Waals surface area contributed by atoms with Crippen LogP contribution in [0.4, 0.5) is 0 Å². The van der Waals surface area contributed by atoms with Crippen LogP contribution in [0.25, 0.3) is 0 Å². The van der Waals surface area contributed by atoms with Crippen LogP contribution in [0, 0.1) is 6.92 Å². The number of hydrogen-bond acceptors (Lipinski definition) is 4. The van der Waals surface area contributed by atoms with E-state index in [1.807, 2.05) is 6.92 Å². The van der Waals surface area contributed by atoms with Crippen molar-refractivity contribution < 1.29 is 22.7 Å². The van der Waals surface area contributed by atoms with Gasteiger partial charge in [0.15, 0.2) is 0 Å². The molecule has 0 fully saturated rings.